The average molecular weight is 244 g/mol. The molecule has 0 aliphatic heterocycles. The fourth-order valence-corrected chi connectivity index (χ4v) is 1.61. The highest BCUT2D eigenvalue weighted by molar-refractivity contribution is 7.52. The zero-order valence-corrected chi connectivity index (χ0v) is 9.81. The monoisotopic (exact) mass is 244 g/mol. The Morgan fingerprint density at radius 1 is 1.31 bits per heavy atom. The second-order valence-corrected chi connectivity index (χ2v) is 5.44. The van der Waals surface area contributed by atoms with Crippen molar-refractivity contribution in [3.05, 3.63) is 35.9 Å². The van der Waals surface area contributed by atoms with E-state index >= 15 is 0 Å². The van der Waals surface area contributed by atoms with Crippen molar-refractivity contribution in [2.24, 2.45) is 5.73 Å². The van der Waals surface area contributed by atoms with E-state index in [0.717, 1.165) is 6.42 Å². The lowest BCUT2D eigenvalue weighted by atomic mass is 10.1. The Morgan fingerprint density at radius 2 is 1.94 bits per heavy atom. The average Bonchev–Trinajstić information content (AvgIpc) is 2.24. The predicted octanol–water partition coefficient (Wildman–Crippen LogP) is 0.281. The van der Waals surface area contributed by atoms with Crippen LogP contribution in [0.25, 0.3) is 0 Å². The van der Waals surface area contributed by atoms with Gasteiger partial charge in [0.1, 0.15) is 5.78 Å². The minimum Gasteiger partial charge on any atom is -0.323 e. The zero-order chi connectivity index (χ0) is 12.0. The molecular formula is C10H17N2O3P. The summed E-state index contributed by atoms with van der Waals surface area (Å²) in [5.41, 5.74) is 6.48. The van der Waals surface area contributed by atoms with Crippen molar-refractivity contribution in [2.45, 2.75) is 12.2 Å². The standard InChI is InChI=1S/C10H17N2O3P/c11-10(16(13,14)15)8-12-7-6-9-4-2-1-3-5-9/h1-5,10,12H,6-8,11H2,(H2,13,14,15)/t10-/m0/s1. The summed E-state index contributed by atoms with van der Waals surface area (Å²) in [5.74, 6) is -1.12. The van der Waals surface area contributed by atoms with Gasteiger partial charge in [0.05, 0.1) is 0 Å². The third-order valence-electron chi connectivity index (χ3n) is 2.22. The smallest absolute Gasteiger partial charge is 0.323 e. The predicted molar refractivity (Wildman–Crippen MR) is 63.0 cm³/mol. The lowest BCUT2D eigenvalue weighted by molar-refractivity contribution is 0.356. The van der Waals surface area contributed by atoms with E-state index in [1.807, 2.05) is 30.3 Å². The van der Waals surface area contributed by atoms with Gasteiger partial charge in [0.2, 0.25) is 0 Å². The maximum atomic E-state index is 10.7. The second kappa shape index (κ2) is 6.13. The van der Waals surface area contributed by atoms with Gasteiger partial charge in [-0.05, 0) is 18.5 Å². The molecule has 0 aliphatic carbocycles. The van der Waals surface area contributed by atoms with Gasteiger partial charge in [-0.15, -0.1) is 0 Å². The van der Waals surface area contributed by atoms with Gasteiger partial charge in [-0.3, -0.25) is 4.57 Å². The summed E-state index contributed by atoms with van der Waals surface area (Å²) < 4.78 is 10.7. The lowest BCUT2D eigenvalue weighted by Gasteiger charge is -2.13. The van der Waals surface area contributed by atoms with Gasteiger partial charge in [0.15, 0.2) is 0 Å². The summed E-state index contributed by atoms with van der Waals surface area (Å²) in [5, 5.41) is 2.92. The SMILES string of the molecule is N[C@H](CNCCc1ccccc1)P(=O)(O)O. The first kappa shape index (κ1) is 13.4. The molecule has 1 rings (SSSR count). The first-order valence-electron chi connectivity index (χ1n) is 5.05. The van der Waals surface area contributed by atoms with Crippen molar-refractivity contribution >= 4 is 7.60 Å². The Bertz CT molecular complexity index is 352. The molecule has 0 radical (unpaired) electrons. The van der Waals surface area contributed by atoms with Gasteiger partial charge < -0.3 is 20.8 Å². The molecule has 0 amide bonds. The maximum Gasteiger partial charge on any atom is 0.343 e. The van der Waals surface area contributed by atoms with E-state index in [4.69, 9.17) is 15.5 Å². The topological polar surface area (TPSA) is 95.6 Å². The van der Waals surface area contributed by atoms with Crippen LogP contribution in [0.5, 0.6) is 0 Å². The van der Waals surface area contributed by atoms with Crippen molar-refractivity contribution in [1.82, 2.24) is 5.32 Å². The van der Waals surface area contributed by atoms with Crippen LogP contribution in [0.3, 0.4) is 0 Å². The van der Waals surface area contributed by atoms with Crippen molar-refractivity contribution in [3.8, 4) is 0 Å². The summed E-state index contributed by atoms with van der Waals surface area (Å²) in [4.78, 5) is 17.5. The van der Waals surface area contributed by atoms with Gasteiger partial charge in [-0.25, -0.2) is 0 Å². The molecule has 1 atom stereocenters. The molecule has 1 aromatic carbocycles. The van der Waals surface area contributed by atoms with Crippen LogP contribution in [-0.2, 0) is 11.0 Å². The Hall–Kier alpha value is -0.710. The highest BCUT2D eigenvalue weighted by atomic mass is 31.2. The van der Waals surface area contributed by atoms with Crippen molar-refractivity contribution in [3.63, 3.8) is 0 Å². The molecule has 5 N–H and O–H groups in total. The number of nitrogens with one attached hydrogen (secondary N) is 1. The molecule has 0 bridgehead atoms. The molecule has 0 aliphatic rings. The highest BCUT2D eigenvalue weighted by Gasteiger charge is 2.23. The Labute approximate surface area is 94.8 Å². The van der Waals surface area contributed by atoms with E-state index < -0.39 is 13.4 Å². The molecule has 6 heteroatoms. The Balaban J connectivity index is 2.20. The fourth-order valence-electron chi connectivity index (χ4n) is 1.25. The van der Waals surface area contributed by atoms with E-state index in [1.165, 1.54) is 5.56 Å². The molecule has 16 heavy (non-hydrogen) atoms. The van der Waals surface area contributed by atoms with Gasteiger partial charge in [0.25, 0.3) is 0 Å². The van der Waals surface area contributed by atoms with E-state index in [9.17, 15) is 4.57 Å². The van der Waals surface area contributed by atoms with Crippen molar-refractivity contribution in [2.75, 3.05) is 13.1 Å². The number of hydrogen-bond acceptors (Lipinski definition) is 3. The summed E-state index contributed by atoms with van der Waals surface area (Å²) >= 11 is 0. The van der Waals surface area contributed by atoms with Crippen LogP contribution in [0, 0.1) is 0 Å². The van der Waals surface area contributed by atoms with E-state index in [2.05, 4.69) is 5.32 Å². The zero-order valence-electron chi connectivity index (χ0n) is 8.91. The largest absolute Gasteiger partial charge is 0.343 e. The van der Waals surface area contributed by atoms with E-state index in [-0.39, 0.29) is 6.54 Å². The third-order valence-corrected chi connectivity index (χ3v) is 3.27. The highest BCUT2D eigenvalue weighted by Crippen LogP contribution is 2.37. The second-order valence-electron chi connectivity index (χ2n) is 3.60. The molecule has 0 aromatic heterocycles. The molecule has 0 spiro atoms. The third kappa shape index (κ3) is 4.88. The molecule has 5 nitrogen and oxygen atoms in total. The number of hydrogen-bond donors (Lipinski definition) is 4. The van der Waals surface area contributed by atoms with Crippen LogP contribution in [0.4, 0.5) is 0 Å². The van der Waals surface area contributed by atoms with Crippen molar-refractivity contribution in [1.29, 1.82) is 0 Å². The van der Waals surface area contributed by atoms with Gasteiger partial charge in [0, 0.05) is 6.54 Å². The normalized spacial score (nSPS) is 13.7. The quantitative estimate of drug-likeness (QED) is 0.426. The summed E-state index contributed by atoms with van der Waals surface area (Å²) in [6.45, 7) is 0.773. The summed E-state index contributed by atoms with van der Waals surface area (Å²) in [7, 11) is -4.15. The molecule has 0 saturated carbocycles. The Morgan fingerprint density at radius 3 is 2.50 bits per heavy atom. The molecule has 0 heterocycles. The molecule has 90 valence electrons. The lowest BCUT2D eigenvalue weighted by Crippen LogP contribution is -2.34. The van der Waals surface area contributed by atoms with Crippen LogP contribution in [0.1, 0.15) is 5.56 Å². The molecule has 0 unspecified atom stereocenters. The molecule has 0 fully saturated rings. The number of benzene rings is 1. The molecule has 0 saturated heterocycles. The van der Waals surface area contributed by atoms with Crippen LogP contribution < -0.4 is 11.1 Å². The van der Waals surface area contributed by atoms with Crippen LogP contribution in [0.2, 0.25) is 0 Å². The first-order chi connectivity index (χ1) is 7.50. The number of rotatable bonds is 6. The van der Waals surface area contributed by atoms with Gasteiger partial charge in [-0.1, -0.05) is 30.3 Å². The number of nitrogens with two attached hydrogens (primary N) is 1. The molecular weight excluding hydrogens is 227 g/mol. The fraction of sp³-hybridized carbons (Fsp3) is 0.400. The Kier molecular flexibility index (Phi) is 5.12. The molecule has 1 aromatic rings. The van der Waals surface area contributed by atoms with Crippen LogP contribution >= 0.6 is 7.60 Å². The van der Waals surface area contributed by atoms with Crippen LogP contribution in [0.15, 0.2) is 30.3 Å². The minimum atomic E-state index is -4.15. The maximum absolute atomic E-state index is 10.7. The minimum absolute atomic E-state index is 0.122. The summed E-state index contributed by atoms with van der Waals surface area (Å²) in [6, 6.07) is 9.86. The van der Waals surface area contributed by atoms with Gasteiger partial charge in [-0.2, -0.15) is 0 Å². The van der Waals surface area contributed by atoms with E-state index in [0.29, 0.717) is 6.54 Å². The van der Waals surface area contributed by atoms with Gasteiger partial charge >= 0.3 is 7.60 Å². The van der Waals surface area contributed by atoms with Crippen LogP contribution in [-0.4, -0.2) is 28.7 Å². The first-order valence-corrected chi connectivity index (χ1v) is 6.74. The summed E-state index contributed by atoms with van der Waals surface area (Å²) in [6.07, 6.45) is 0.814. The van der Waals surface area contributed by atoms with E-state index in [1.54, 1.807) is 0 Å². The van der Waals surface area contributed by atoms with Crippen molar-refractivity contribution < 1.29 is 14.4 Å².